The number of ketones is 2. The maximum atomic E-state index is 12.4. The van der Waals surface area contributed by atoms with Gasteiger partial charge >= 0.3 is 0 Å². The molecule has 2 aliphatic rings. The molecule has 0 fully saturated rings. The van der Waals surface area contributed by atoms with Crippen molar-refractivity contribution < 1.29 is 24.2 Å². The van der Waals surface area contributed by atoms with Crippen LogP contribution in [0, 0.1) is 25.0 Å². The van der Waals surface area contributed by atoms with Gasteiger partial charge in [-0.3, -0.25) is 9.59 Å². The van der Waals surface area contributed by atoms with E-state index in [0.29, 0.717) is 47.2 Å². The number of ether oxygens (including phenoxy) is 2. The van der Waals surface area contributed by atoms with Crippen LogP contribution in [0.3, 0.4) is 0 Å². The van der Waals surface area contributed by atoms with Crippen molar-refractivity contribution in [1.82, 2.24) is 0 Å². The lowest BCUT2D eigenvalue weighted by Crippen LogP contribution is -2.28. The minimum absolute atomic E-state index is 0.0782. The molecule has 7 heteroatoms. The molecule has 4 aromatic rings. The molecule has 4 aromatic carbocycles. The molecule has 2 aliphatic heterocycles. The van der Waals surface area contributed by atoms with E-state index in [2.05, 4.69) is 9.69 Å². The number of rotatable bonds is 5. The van der Waals surface area contributed by atoms with Crippen LogP contribution in [0.5, 0.6) is 11.5 Å². The van der Waals surface area contributed by atoms with Crippen molar-refractivity contribution in [3.63, 3.8) is 0 Å². The average molecular weight is 585 g/mol. The fourth-order valence-corrected chi connectivity index (χ4v) is 4.94. The van der Waals surface area contributed by atoms with E-state index in [1.807, 2.05) is 84.9 Å². The lowest BCUT2D eigenvalue weighted by Gasteiger charge is -2.24. The summed E-state index contributed by atoms with van der Waals surface area (Å²) < 4.78 is 11.3. The Labute approximate surface area is 257 Å². The zero-order valence-electron chi connectivity index (χ0n) is 24.4. The van der Waals surface area contributed by atoms with Gasteiger partial charge in [0.15, 0.2) is 22.9 Å². The van der Waals surface area contributed by atoms with Gasteiger partial charge in [0, 0.05) is 7.11 Å². The minimum atomic E-state index is -0.281. The first-order valence-corrected chi connectivity index (χ1v) is 14.1. The van der Waals surface area contributed by atoms with Crippen molar-refractivity contribution in [2.24, 2.45) is 11.8 Å². The molecular formula is C37H32N2O5. The Bertz CT molecular complexity index is 1730. The first-order valence-electron chi connectivity index (χ1n) is 14.1. The third-order valence-corrected chi connectivity index (χ3v) is 7.21. The first-order chi connectivity index (χ1) is 21.6. The first kappa shape index (κ1) is 31.4. The Kier molecular flexibility index (Phi) is 11.2. The number of aliphatic hydroxyl groups excluding tert-OH is 1. The zero-order chi connectivity index (χ0) is 31.3. The minimum Gasteiger partial charge on any atom is -0.492 e. The Morgan fingerprint density at radius 3 is 2.02 bits per heavy atom. The lowest BCUT2D eigenvalue weighted by molar-refractivity contribution is 0.0820. The molecule has 7 nitrogen and oxygen atoms in total. The van der Waals surface area contributed by atoms with Crippen LogP contribution < -0.4 is 9.47 Å². The topological polar surface area (TPSA) is 81.6 Å². The molecule has 0 spiro atoms. The van der Waals surface area contributed by atoms with Gasteiger partial charge in [-0.15, -0.1) is 0 Å². The highest BCUT2D eigenvalue weighted by molar-refractivity contribution is 6.02. The van der Waals surface area contributed by atoms with E-state index in [1.54, 1.807) is 24.3 Å². The van der Waals surface area contributed by atoms with Crippen LogP contribution >= 0.6 is 0 Å². The van der Waals surface area contributed by atoms with Crippen molar-refractivity contribution >= 4 is 29.0 Å². The number of aliphatic hydroxyl groups is 1. The number of carbonyl (C=O) groups is 2. The molecule has 6 rings (SSSR count). The molecule has 1 N–H and O–H groups in total. The zero-order valence-corrected chi connectivity index (χ0v) is 24.4. The van der Waals surface area contributed by atoms with Crippen molar-refractivity contribution in [1.29, 1.82) is 0 Å². The second-order valence-corrected chi connectivity index (χ2v) is 10.0. The highest BCUT2D eigenvalue weighted by Crippen LogP contribution is 2.30. The van der Waals surface area contributed by atoms with E-state index in [-0.39, 0.29) is 23.4 Å². The summed E-state index contributed by atoms with van der Waals surface area (Å²) in [4.78, 5) is 31.6. The fraction of sp³-hybridized carbons (Fsp3) is 0.189. The quantitative estimate of drug-likeness (QED) is 0.242. The molecule has 0 bridgehead atoms. The molecule has 44 heavy (non-hydrogen) atoms. The normalized spacial score (nSPS) is 16.3. The fourth-order valence-electron chi connectivity index (χ4n) is 4.94. The maximum Gasteiger partial charge on any atom is 0.187 e. The van der Waals surface area contributed by atoms with Crippen molar-refractivity contribution in [2.75, 3.05) is 20.3 Å². The van der Waals surface area contributed by atoms with Crippen LogP contribution in [-0.4, -0.2) is 37.0 Å². The molecule has 2 atom stereocenters. The Balaban J connectivity index is 0.000000190. The highest BCUT2D eigenvalue weighted by Gasteiger charge is 2.28. The standard InChI is InChI=1S/C18H15NO2.C18H13NO2.CH4O/c2*1-19-15-6-4-5-13(11-15)9-10-14-12-21-17-8-3-2-7-16(17)18(14)20;1-2/h2-8,11,14H,9-10,12H2;2-11,14H,12H2;2H,1H3/b;10-9+;. The van der Waals surface area contributed by atoms with Gasteiger partial charge in [0.05, 0.1) is 42.7 Å². The number of Topliss-reactive ketones (excluding diaryl/α,β-unsaturated/α-hetero) is 2. The summed E-state index contributed by atoms with van der Waals surface area (Å²) >= 11 is 0. The molecule has 0 aliphatic carbocycles. The monoisotopic (exact) mass is 584 g/mol. The lowest BCUT2D eigenvalue weighted by atomic mass is 9.90. The molecule has 0 aromatic heterocycles. The van der Waals surface area contributed by atoms with E-state index in [1.165, 1.54) is 0 Å². The van der Waals surface area contributed by atoms with Crippen molar-refractivity contribution in [3.05, 3.63) is 148 Å². The third kappa shape index (κ3) is 7.86. The third-order valence-electron chi connectivity index (χ3n) is 7.21. The van der Waals surface area contributed by atoms with Gasteiger partial charge in [-0.25, -0.2) is 9.69 Å². The predicted octanol–water partition coefficient (Wildman–Crippen LogP) is 7.81. The number of carbonyl (C=O) groups excluding carboxylic acids is 2. The number of nitrogens with zero attached hydrogens (tertiary/aromatic N) is 2. The predicted molar refractivity (Wildman–Crippen MR) is 170 cm³/mol. The summed E-state index contributed by atoms with van der Waals surface area (Å²) in [6.07, 6.45) is 5.25. The van der Waals surface area contributed by atoms with Crippen molar-refractivity contribution in [3.8, 4) is 11.5 Å². The van der Waals surface area contributed by atoms with E-state index < -0.39 is 0 Å². The van der Waals surface area contributed by atoms with Gasteiger partial charge in [-0.05, 0) is 48.7 Å². The van der Waals surface area contributed by atoms with E-state index in [9.17, 15) is 9.59 Å². The largest absolute Gasteiger partial charge is 0.492 e. The Morgan fingerprint density at radius 1 is 0.750 bits per heavy atom. The number of aryl methyl sites for hydroxylation is 1. The number of fused-ring (bicyclic) bond motifs is 2. The van der Waals surface area contributed by atoms with E-state index >= 15 is 0 Å². The van der Waals surface area contributed by atoms with Crippen LogP contribution in [0.2, 0.25) is 0 Å². The summed E-state index contributed by atoms with van der Waals surface area (Å²) in [5.41, 5.74) is 4.56. The van der Waals surface area contributed by atoms with Crippen LogP contribution in [0.1, 0.15) is 38.3 Å². The van der Waals surface area contributed by atoms with E-state index in [0.717, 1.165) is 31.1 Å². The van der Waals surface area contributed by atoms with Crippen LogP contribution in [-0.2, 0) is 6.42 Å². The Morgan fingerprint density at radius 2 is 1.34 bits per heavy atom. The molecule has 0 saturated carbocycles. The van der Waals surface area contributed by atoms with Gasteiger partial charge in [0.1, 0.15) is 18.1 Å². The number of hydrogen-bond acceptors (Lipinski definition) is 5. The van der Waals surface area contributed by atoms with E-state index in [4.69, 9.17) is 27.7 Å². The summed E-state index contributed by atoms with van der Waals surface area (Å²) in [6, 6.07) is 29.6. The van der Waals surface area contributed by atoms with Crippen LogP contribution in [0.15, 0.2) is 103 Å². The smallest absolute Gasteiger partial charge is 0.187 e. The Hall–Kier alpha value is -5.50. The second kappa shape index (κ2) is 15.7. The van der Waals surface area contributed by atoms with Gasteiger partial charge in [0.25, 0.3) is 0 Å². The molecule has 0 radical (unpaired) electrons. The molecule has 2 unspecified atom stereocenters. The SMILES string of the molecule is CO.[C-]#[N+]c1cccc(/C=C/C2COc3ccccc3C2=O)c1.[C-]#[N+]c1cccc(CCC2COc3ccccc3C2=O)c1. The molecule has 220 valence electrons. The van der Waals surface area contributed by atoms with Crippen LogP contribution in [0.4, 0.5) is 11.4 Å². The number of benzene rings is 4. The summed E-state index contributed by atoms with van der Waals surface area (Å²) in [7, 11) is 1.00. The van der Waals surface area contributed by atoms with Gasteiger partial charge in [-0.2, -0.15) is 0 Å². The second-order valence-electron chi connectivity index (χ2n) is 10.0. The van der Waals surface area contributed by atoms with Gasteiger partial charge in [-0.1, -0.05) is 84.4 Å². The summed E-state index contributed by atoms with van der Waals surface area (Å²) in [5.74, 6) is 1.21. The molecular weight excluding hydrogens is 552 g/mol. The maximum absolute atomic E-state index is 12.4. The van der Waals surface area contributed by atoms with Crippen LogP contribution in [0.25, 0.3) is 15.8 Å². The highest BCUT2D eigenvalue weighted by atomic mass is 16.5. The van der Waals surface area contributed by atoms with Gasteiger partial charge in [0.2, 0.25) is 0 Å². The number of hydrogen-bond donors (Lipinski definition) is 1. The summed E-state index contributed by atoms with van der Waals surface area (Å²) in [6.45, 7) is 14.8. The molecule has 0 saturated heterocycles. The van der Waals surface area contributed by atoms with Crippen molar-refractivity contribution in [2.45, 2.75) is 12.8 Å². The average Bonchev–Trinajstić information content (AvgIpc) is 3.09. The van der Waals surface area contributed by atoms with Gasteiger partial charge < -0.3 is 14.6 Å². The molecule has 0 amide bonds. The molecule has 2 heterocycles. The number of para-hydroxylation sites is 2. The summed E-state index contributed by atoms with van der Waals surface area (Å²) in [5, 5.41) is 7.00.